The summed E-state index contributed by atoms with van der Waals surface area (Å²) in [5.41, 5.74) is 4.71. The molecule has 144 valence electrons. The number of aryl methyl sites for hydroxylation is 1. The van der Waals surface area contributed by atoms with Gasteiger partial charge in [-0.15, -0.1) is 0 Å². The first-order valence-electron chi connectivity index (χ1n) is 9.25. The van der Waals surface area contributed by atoms with E-state index in [1.807, 2.05) is 12.3 Å². The van der Waals surface area contributed by atoms with Crippen LogP contribution in [0.5, 0.6) is 0 Å². The summed E-state index contributed by atoms with van der Waals surface area (Å²) in [7, 11) is -3.51. The van der Waals surface area contributed by atoms with Crippen molar-refractivity contribution in [1.29, 1.82) is 0 Å². The molecule has 28 heavy (non-hydrogen) atoms. The molecular formula is C19H20N6O2S. The van der Waals surface area contributed by atoms with Gasteiger partial charge in [-0.25, -0.2) is 22.9 Å². The SMILES string of the molecule is Cc1cc2ncnn2cc1C1CCN(S(=O)(=O)c2ccc3nc[nH]c3c2)CC1. The Hall–Kier alpha value is -2.78. The first-order chi connectivity index (χ1) is 13.5. The summed E-state index contributed by atoms with van der Waals surface area (Å²) in [6.07, 6.45) is 6.71. The van der Waals surface area contributed by atoms with Crippen molar-refractivity contribution in [2.75, 3.05) is 13.1 Å². The van der Waals surface area contributed by atoms with E-state index in [0.717, 1.165) is 29.5 Å². The van der Waals surface area contributed by atoms with Crippen LogP contribution in [-0.4, -0.2) is 50.4 Å². The maximum atomic E-state index is 13.1. The van der Waals surface area contributed by atoms with Gasteiger partial charge in [-0.2, -0.15) is 9.40 Å². The molecule has 4 aromatic rings. The number of nitrogens with zero attached hydrogens (tertiary/aromatic N) is 5. The third kappa shape index (κ3) is 2.78. The molecular weight excluding hydrogens is 376 g/mol. The van der Waals surface area contributed by atoms with Crippen LogP contribution in [0.2, 0.25) is 0 Å². The zero-order chi connectivity index (χ0) is 19.3. The minimum absolute atomic E-state index is 0.308. The quantitative estimate of drug-likeness (QED) is 0.574. The lowest BCUT2D eigenvalue weighted by atomic mass is 9.89. The van der Waals surface area contributed by atoms with Crippen molar-refractivity contribution in [1.82, 2.24) is 28.9 Å². The van der Waals surface area contributed by atoms with Crippen LogP contribution in [0.25, 0.3) is 16.7 Å². The number of hydrogen-bond acceptors (Lipinski definition) is 5. The van der Waals surface area contributed by atoms with Crippen LogP contribution in [0, 0.1) is 6.92 Å². The number of sulfonamides is 1. The summed E-state index contributed by atoms with van der Waals surface area (Å²) >= 11 is 0. The predicted molar refractivity (Wildman–Crippen MR) is 105 cm³/mol. The molecule has 5 rings (SSSR count). The Balaban J connectivity index is 1.37. The second-order valence-electron chi connectivity index (χ2n) is 7.23. The fourth-order valence-corrected chi connectivity index (χ4v) is 5.53. The van der Waals surface area contributed by atoms with E-state index in [1.54, 1.807) is 39.7 Å². The lowest BCUT2D eigenvalue weighted by molar-refractivity contribution is 0.318. The minimum Gasteiger partial charge on any atom is -0.345 e. The van der Waals surface area contributed by atoms with E-state index in [-0.39, 0.29) is 0 Å². The Labute approximate surface area is 162 Å². The molecule has 1 N–H and O–H groups in total. The molecule has 9 heteroatoms. The van der Waals surface area contributed by atoms with Gasteiger partial charge in [0.2, 0.25) is 10.0 Å². The Kier molecular flexibility index (Phi) is 3.95. The monoisotopic (exact) mass is 396 g/mol. The van der Waals surface area contributed by atoms with Gasteiger partial charge in [0.1, 0.15) is 6.33 Å². The van der Waals surface area contributed by atoms with Crippen molar-refractivity contribution in [3.8, 4) is 0 Å². The highest BCUT2D eigenvalue weighted by atomic mass is 32.2. The highest BCUT2D eigenvalue weighted by Gasteiger charge is 2.31. The molecule has 4 heterocycles. The van der Waals surface area contributed by atoms with Crippen LogP contribution >= 0.6 is 0 Å². The fraction of sp³-hybridized carbons (Fsp3) is 0.316. The van der Waals surface area contributed by atoms with Crippen LogP contribution < -0.4 is 0 Å². The molecule has 0 spiro atoms. The third-order valence-electron chi connectivity index (χ3n) is 5.59. The number of benzene rings is 1. The molecule has 8 nitrogen and oxygen atoms in total. The summed E-state index contributed by atoms with van der Waals surface area (Å²) in [5.74, 6) is 0.315. The summed E-state index contributed by atoms with van der Waals surface area (Å²) in [4.78, 5) is 11.6. The second kappa shape index (κ2) is 6.39. The molecule has 0 amide bonds. The maximum absolute atomic E-state index is 13.1. The van der Waals surface area contributed by atoms with E-state index in [2.05, 4.69) is 27.0 Å². The van der Waals surface area contributed by atoms with Crippen molar-refractivity contribution in [2.24, 2.45) is 0 Å². The van der Waals surface area contributed by atoms with Gasteiger partial charge >= 0.3 is 0 Å². The van der Waals surface area contributed by atoms with Crippen molar-refractivity contribution in [3.05, 3.63) is 54.2 Å². The molecule has 0 aliphatic carbocycles. The maximum Gasteiger partial charge on any atom is 0.243 e. The topological polar surface area (TPSA) is 96.2 Å². The van der Waals surface area contributed by atoms with E-state index in [0.29, 0.717) is 23.9 Å². The van der Waals surface area contributed by atoms with Gasteiger partial charge in [-0.05, 0) is 61.1 Å². The number of piperidine rings is 1. The average molecular weight is 396 g/mol. The first-order valence-corrected chi connectivity index (χ1v) is 10.7. The Morgan fingerprint density at radius 1 is 1.14 bits per heavy atom. The van der Waals surface area contributed by atoms with Crippen molar-refractivity contribution in [2.45, 2.75) is 30.6 Å². The molecule has 3 aromatic heterocycles. The molecule has 0 unspecified atom stereocenters. The van der Waals surface area contributed by atoms with Gasteiger partial charge in [-0.3, -0.25) is 0 Å². The van der Waals surface area contributed by atoms with E-state index >= 15 is 0 Å². The van der Waals surface area contributed by atoms with Gasteiger partial charge < -0.3 is 4.98 Å². The lowest BCUT2D eigenvalue weighted by Gasteiger charge is -2.32. The van der Waals surface area contributed by atoms with Crippen molar-refractivity contribution < 1.29 is 8.42 Å². The van der Waals surface area contributed by atoms with E-state index in [4.69, 9.17) is 0 Å². The predicted octanol–water partition coefficient (Wildman–Crippen LogP) is 2.48. The number of imidazole rings is 1. The molecule has 1 aromatic carbocycles. The summed E-state index contributed by atoms with van der Waals surface area (Å²) < 4.78 is 29.5. The van der Waals surface area contributed by atoms with Crippen molar-refractivity contribution in [3.63, 3.8) is 0 Å². The number of nitrogens with one attached hydrogen (secondary N) is 1. The molecule has 0 atom stereocenters. The Bertz CT molecular complexity index is 1270. The van der Waals surface area contributed by atoms with Crippen LogP contribution in [0.15, 0.2) is 48.0 Å². The average Bonchev–Trinajstić information content (AvgIpc) is 3.35. The van der Waals surface area contributed by atoms with Crippen molar-refractivity contribution >= 4 is 26.7 Å². The van der Waals surface area contributed by atoms with Gasteiger partial charge in [-0.1, -0.05) is 0 Å². The van der Waals surface area contributed by atoms with Crippen LogP contribution in [0.1, 0.15) is 29.9 Å². The zero-order valence-electron chi connectivity index (χ0n) is 15.4. The molecule has 1 aliphatic rings. The smallest absolute Gasteiger partial charge is 0.243 e. The number of fused-ring (bicyclic) bond motifs is 2. The first kappa shape index (κ1) is 17.3. The number of aromatic nitrogens is 5. The van der Waals surface area contributed by atoms with Gasteiger partial charge in [0.15, 0.2) is 5.65 Å². The van der Waals surface area contributed by atoms with Gasteiger partial charge in [0.05, 0.1) is 22.3 Å². The number of hydrogen-bond donors (Lipinski definition) is 1. The van der Waals surface area contributed by atoms with Crippen LogP contribution in [0.3, 0.4) is 0 Å². The fourth-order valence-electron chi connectivity index (χ4n) is 4.03. The highest BCUT2D eigenvalue weighted by Crippen LogP contribution is 2.33. The van der Waals surface area contributed by atoms with Crippen LogP contribution in [0.4, 0.5) is 0 Å². The summed E-state index contributed by atoms with van der Waals surface area (Å²) in [6.45, 7) is 3.08. The summed E-state index contributed by atoms with van der Waals surface area (Å²) in [5, 5.41) is 4.22. The normalized spacial score (nSPS) is 16.9. The largest absolute Gasteiger partial charge is 0.345 e. The number of rotatable bonds is 3. The molecule has 0 saturated carbocycles. The van der Waals surface area contributed by atoms with Crippen LogP contribution in [-0.2, 0) is 10.0 Å². The van der Waals surface area contributed by atoms with Gasteiger partial charge in [0.25, 0.3) is 0 Å². The number of H-pyrrole nitrogens is 1. The second-order valence-corrected chi connectivity index (χ2v) is 9.17. The molecule has 0 radical (unpaired) electrons. The molecule has 1 aliphatic heterocycles. The Morgan fingerprint density at radius 2 is 1.96 bits per heavy atom. The third-order valence-corrected chi connectivity index (χ3v) is 7.48. The zero-order valence-corrected chi connectivity index (χ0v) is 16.2. The molecule has 1 saturated heterocycles. The molecule has 1 fully saturated rings. The van der Waals surface area contributed by atoms with E-state index in [9.17, 15) is 8.42 Å². The highest BCUT2D eigenvalue weighted by molar-refractivity contribution is 7.89. The summed E-state index contributed by atoms with van der Waals surface area (Å²) in [6, 6.07) is 7.06. The lowest BCUT2D eigenvalue weighted by Crippen LogP contribution is -2.38. The number of pyridine rings is 1. The Morgan fingerprint density at radius 3 is 2.79 bits per heavy atom. The van der Waals surface area contributed by atoms with E-state index in [1.165, 1.54) is 11.1 Å². The number of aromatic amines is 1. The van der Waals surface area contributed by atoms with Gasteiger partial charge in [0, 0.05) is 19.3 Å². The standard InChI is InChI=1S/C19H20N6O2S/c1-13-8-19-22-12-23-25(19)10-16(13)14-4-6-24(7-5-14)28(26,27)15-2-3-17-18(9-15)21-11-20-17/h2-3,8-12,14H,4-7H2,1H3,(H,20,21). The molecule has 0 bridgehead atoms. The minimum atomic E-state index is -3.51. The van der Waals surface area contributed by atoms with E-state index < -0.39 is 10.0 Å².